The highest BCUT2D eigenvalue weighted by Gasteiger charge is 2.18. The Hall–Kier alpha value is -1.36. The van der Waals surface area contributed by atoms with Crippen molar-refractivity contribution >= 4 is 5.91 Å². The Labute approximate surface area is 108 Å². The van der Waals surface area contributed by atoms with Crippen LogP contribution in [0.1, 0.15) is 32.2 Å². The molecule has 1 aliphatic rings. The summed E-state index contributed by atoms with van der Waals surface area (Å²) in [4.78, 5) is 14.5. The maximum absolute atomic E-state index is 12.1. The van der Waals surface area contributed by atoms with Crippen molar-refractivity contribution in [3.63, 3.8) is 0 Å². The molecule has 1 atom stereocenters. The third-order valence-corrected chi connectivity index (χ3v) is 3.46. The van der Waals surface area contributed by atoms with E-state index < -0.39 is 0 Å². The Bertz CT molecular complexity index is 357. The number of amides is 1. The minimum absolute atomic E-state index is 0.0698. The molecule has 1 aliphatic heterocycles. The van der Waals surface area contributed by atoms with Crippen molar-refractivity contribution in [2.45, 2.75) is 32.2 Å². The Morgan fingerprint density at radius 1 is 1.44 bits per heavy atom. The van der Waals surface area contributed by atoms with Crippen LogP contribution in [0.2, 0.25) is 0 Å². The molecule has 5 nitrogen and oxygen atoms in total. The van der Waals surface area contributed by atoms with E-state index in [0.717, 1.165) is 19.5 Å². The molecular formula is C13H22N4O. The molecule has 100 valence electrons. The van der Waals surface area contributed by atoms with Gasteiger partial charge in [0.15, 0.2) is 0 Å². The van der Waals surface area contributed by atoms with E-state index in [1.807, 2.05) is 19.2 Å². The van der Waals surface area contributed by atoms with Gasteiger partial charge in [0.2, 0.25) is 5.91 Å². The summed E-state index contributed by atoms with van der Waals surface area (Å²) in [6, 6.07) is 1.67. The minimum Gasteiger partial charge on any atom is -0.353 e. The van der Waals surface area contributed by atoms with Gasteiger partial charge < -0.3 is 10.2 Å². The van der Waals surface area contributed by atoms with Gasteiger partial charge in [-0.3, -0.25) is 9.48 Å². The van der Waals surface area contributed by atoms with Gasteiger partial charge in [0, 0.05) is 25.5 Å². The number of hydrogen-bond donors (Lipinski definition) is 1. The summed E-state index contributed by atoms with van der Waals surface area (Å²) >= 11 is 0. The summed E-state index contributed by atoms with van der Waals surface area (Å²) in [5.74, 6) is 0.0698. The fourth-order valence-electron chi connectivity index (χ4n) is 2.42. The molecule has 2 heterocycles. The van der Waals surface area contributed by atoms with Gasteiger partial charge in [0.1, 0.15) is 6.04 Å². The van der Waals surface area contributed by atoms with Crippen LogP contribution in [0.25, 0.3) is 0 Å². The number of nitrogens with zero attached hydrogens (tertiary/aromatic N) is 3. The molecule has 1 fully saturated rings. The van der Waals surface area contributed by atoms with Crippen LogP contribution in [0.5, 0.6) is 0 Å². The minimum atomic E-state index is -0.182. The summed E-state index contributed by atoms with van der Waals surface area (Å²) in [5, 5.41) is 7.15. The van der Waals surface area contributed by atoms with E-state index in [0.29, 0.717) is 0 Å². The molecule has 0 saturated carbocycles. The fourth-order valence-corrected chi connectivity index (χ4v) is 2.42. The molecule has 0 aliphatic carbocycles. The molecule has 0 bridgehead atoms. The number of rotatable bonds is 6. The van der Waals surface area contributed by atoms with Crippen molar-refractivity contribution in [3.8, 4) is 0 Å². The van der Waals surface area contributed by atoms with E-state index >= 15 is 0 Å². The number of carbonyl (C=O) groups is 1. The van der Waals surface area contributed by atoms with Gasteiger partial charge in [-0.2, -0.15) is 5.10 Å². The Balaban J connectivity index is 1.75. The highest BCUT2D eigenvalue weighted by molar-refractivity contribution is 5.80. The summed E-state index contributed by atoms with van der Waals surface area (Å²) in [6.45, 7) is 6.04. The van der Waals surface area contributed by atoms with Crippen molar-refractivity contribution in [2.24, 2.45) is 0 Å². The Kier molecular flexibility index (Phi) is 4.75. The topological polar surface area (TPSA) is 50.2 Å². The van der Waals surface area contributed by atoms with Crippen LogP contribution >= 0.6 is 0 Å². The summed E-state index contributed by atoms with van der Waals surface area (Å²) in [6.07, 6.45) is 6.89. The standard InChI is InChI=1S/C13H22N4O/c1-2-12(17-10-5-6-15-17)13(18)14-7-11-16-8-3-4-9-16/h5-6,10,12H,2-4,7-9,11H2,1H3,(H,14,18)/t12-/m1/s1. The Morgan fingerprint density at radius 3 is 2.83 bits per heavy atom. The molecule has 1 amide bonds. The van der Waals surface area contributed by atoms with E-state index in [-0.39, 0.29) is 11.9 Å². The fraction of sp³-hybridized carbons (Fsp3) is 0.692. The molecule has 0 aromatic carbocycles. The van der Waals surface area contributed by atoms with Gasteiger partial charge in [-0.05, 0) is 38.4 Å². The molecule has 0 spiro atoms. The van der Waals surface area contributed by atoms with Crippen LogP contribution in [0, 0.1) is 0 Å². The monoisotopic (exact) mass is 250 g/mol. The highest BCUT2D eigenvalue weighted by Crippen LogP contribution is 2.09. The number of hydrogen-bond acceptors (Lipinski definition) is 3. The van der Waals surface area contributed by atoms with Gasteiger partial charge in [-0.1, -0.05) is 6.92 Å². The van der Waals surface area contributed by atoms with Crippen LogP contribution in [0.15, 0.2) is 18.5 Å². The zero-order valence-electron chi connectivity index (χ0n) is 11.0. The average molecular weight is 250 g/mol. The molecule has 1 saturated heterocycles. The van der Waals surface area contributed by atoms with E-state index in [2.05, 4.69) is 15.3 Å². The Morgan fingerprint density at radius 2 is 2.22 bits per heavy atom. The first kappa shape index (κ1) is 13.1. The van der Waals surface area contributed by atoms with Crippen molar-refractivity contribution in [3.05, 3.63) is 18.5 Å². The van der Waals surface area contributed by atoms with Crippen LogP contribution in [0.3, 0.4) is 0 Å². The number of nitrogens with one attached hydrogen (secondary N) is 1. The summed E-state index contributed by atoms with van der Waals surface area (Å²) in [5.41, 5.74) is 0. The van der Waals surface area contributed by atoms with Crippen LogP contribution in [0.4, 0.5) is 0 Å². The third-order valence-electron chi connectivity index (χ3n) is 3.46. The van der Waals surface area contributed by atoms with Gasteiger partial charge >= 0.3 is 0 Å². The molecule has 0 radical (unpaired) electrons. The lowest BCUT2D eigenvalue weighted by molar-refractivity contribution is -0.124. The van der Waals surface area contributed by atoms with E-state index in [9.17, 15) is 4.79 Å². The van der Waals surface area contributed by atoms with Gasteiger partial charge in [-0.15, -0.1) is 0 Å². The van der Waals surface area contributed by atoms with E-state index in [1.54, 1.807) is 10.9 Å². The van der Waals surface area contributed by atoms with Crippen LogP contribution in [-0.2, 0) is 4.79 Å². The molecule has 1 aromatic rings. The van der Waals surface area contributed by atoms with Crippen molar-refractivity contribution in [2.75, 3.05) is 26.2 Å². The predicted molar refractivity (Wildman–Crippen MR) is 70.2 cm³/mol. The second-order valence-corrected chi connectivity index (χ2v) is 4.75. The highest BCUT2D eigenvalue weighted by atomic mass is 16.2. The van der Waals surface area contributed by atoms with Crippen LogP contribution in [-0.4, -0.2) is 46.8 Å². The van der Waals surface area contributed by atoms with Crippen LogP contribution < -0.4 is 5.32 Å². The lowest BCUT2D eigenvalue weighted by atomic mass is 10.2. The first-order chi connectivity index (χ1) is 8.81. The van der Waals surface area contributed by atoms with Crippen molar-refractivity contribution in [1.82, 2.24) is 20.0 Å². The molecular weight excluding hydrogens is 228 g/mol. The first-order valence-electron chi connectivity index (χ1n) is 6.80. The summed E-state index contributed by atoms with van der Waals surface area (Å²) < 4.78 is 1.73. The smallest absolute Gasteiger partial charge is 0.244 e. The van der Waals surface area contributed by atoms with Gasteiger partial charge in [-0.25, -0.2) is 0 Å². The SMILES string of the molecule is CC[C@H](C(=O)NCCN1CCCC1)n1cccn1. The van der Waals surface area contributed by atoms with E-state index in [4.69, 9.17) is 0 Å². The van der Waals surface area contributed by atoms with Gasteiger partial charge in [0.25, 0.3) is 0 Å². The van der Waals surface area contributed by atoms with Crippen molar-refractivity contribution < 1.29 is 4.79 Å². The molecule has 0 unspecified atom stereocenters. The third kappa shape index (κ3) is 3.32. The maximum Gasteiger partial charge on any atom is 0.244 e. The molecule has 1 aromatic heterocycles. The quantitative estimate of drug-likeness (QED) is 0.821. The lowest BCUT2D eigenvalue weighted by Gasteiger charge is -2.18. The van der Waals surface area contributed by atoms with Crippen molar-refractivity contribution in [1.29, 1.82) is 0 Å². The second-order valence-electron chi connectivity index (χ2n) is 4.75. The molecule has 2 rings (SSSR count). The number of carbonyl (C=O) groups excluding carboxylic acids is 1. The number of aromatic nitrogens is 2. The lowest BCUT2D eigenvalue weighted by Crippen LogP contribution is -2.37. The zero-order chi connectivity index (χ0) is 12.8. The van der Waals surface area contributed by atoms with E-state index in [1.165, 1.54) is 25.9 Å². The maximum atomic E-state index is 12.1. The zero-order valence-corrected chi connectivity index (χ0v) is 11.0. The average Bonchev–Trinajstić information content (AvgIpc) is 3.02. The molecule has 5 heteroatoms. The molecule has 1 N–H and O–H groups in total. The molecule has 18 heavy (non-hydrogen) atoms. The normalized spacial score (nSPS) is 17.8. The van der Waals surface area contributed by atoms with Gasteiger partial charge in [0.05, 0.1) is 0 Å². The number of likely N-dealkylation sites (tertiary alicyclic amines) is 1. The second kappa shape index (κ2) is 6.54. The predicted octanol–water partition coefficient (Wildman–Crippen LogP) is 1.05. The summed E-state index contributed by atoms with van der Waals surface area (Å²) in [7, 11) is 0. The largest absolute Gasteiger partial charge is 0.353 e. The first-order valence-corrected chi connectivity index (χ1v) is 6.80.